The van der Waals surface area contributed by atoms with Crippen LogP contribution in [0.15, 0.2) is 35.8 Å². The molecule has 6 heteroatoms. The van der Waals surface area contributed by atoms with E-state index in [1.165, 1.54) is 23.5 Å². The van der Waals surface area contributed by atoms with Crippen LogP contribution in [0.25, 0.3) is 0 Å². The van der Waals surface area contributed by atoms with Crippen molar-refractivity contribution in [2.24, 2.45) is 0 Å². The lowest BCUT2D eigenvalue weighted by atomic mass is 10.3. The smallest absolute Gasteiger partial charge is 0.266 e. The van der Waals surface area contributed by atoms with E-state index in [2.05, 4.69) is 10.3 Å². The van der Waals surface area contributed by atoms with Gasteiger partial charge in [-0.2, -0.15) is 0 Å². The highest BCUT2D eigenvalue weighted by atomic mass is 32.1. The topological polar surface area (TPSA) is 71.5 Å². The second-order valence-electron chi connectivity index (χ2n) is 3.58. The van der Waals surface area contributed by atoms with Gasteiger partial charge in [-0.15, -0.1) is 11.3 Å². The van der Waals surface area contributed by atoms with Gasteiger partial charge >= 0.3 is 0 Å². The standard InChI is InChI=1S/C12H12N2O3S/c1-8(11(16)14-12-13-6-7-18-12)17-10-4-2-9(15)3-5-10/h2-8,15H,1H3,(H,13,14,16)/t8-/m1/s1. The third kappa shape index (κ3) is 3.21. The van der Waals surface area contributed by atoms with Crippen LogP contribution in [0.4, 0.5) is 5.13 Å². The van der Waals surface area contributed by atoms with Crippen LogP contribution in [-0.4, -0.2) is 22.1 Å². The maximum atomic E-state index is 11.8. The van der Waals surface area contributed by atoms with E-state index in [4.69, 9.17) is 9.84 Å². The maximum absolute atomic E-state index is 11.8. The molecule has 1 amide bonds. The van der Waals surface area contributed by atoms with E-state index in [-0.39, 0.29) is 11.7 Å². The predicted octanol–water partition coefficient (Wildman–Crippen LogP) is 2.25. The summed E-state index contributed by atoms with van der Waals surface area (Å²) in [6.07, 6.45) is 0.977. The molecule has 0 saturated heterocycles. The number of carbonyl (C=O) groups excluding carboxylic acids is 1. The highest BCUT2D eigenvalue weighted by Crippen LogP contribution is 2.18. The Kier molecular flexibility index (Phi) is 3.78. The van der Waals surface area contributed by atoms with Crippen molar-refractivity contribution in [3.63, 3.8) is 0 Å². The van der Waals surface area contributed by atoms with Crippen molar-refractivity contribution in [3.05, 3.63) is 35.8 Å². The number of hydrogen-bond acceptors (Lipinski definition) is 5. The first-order chi connectivity index (χ1) is 8.65. The average molecular weight is 264 g/mol. The molecule has 1 heterocycles. The van der Waals surface area contributed by atoms with Crippen molar-refractivity contribution in [1.29, 1.82) is 0 Å². The minimum atomic E-state index is -0.640. The Labute approximate surface area is 108 Å². The molecule has 5 nitrogen and oxygen atoms in total. The fraction of sp³-hybridized carbons (Fsp3) is 0.167. The first-order valence-corrected chi connectivity index (χ1v) is 6.19. The minimum Gasteiger partial charge on any atom is -0.508 e. The zero-order valence-electron chi connectivity index (χ0n) is 9.66. The third-order valence-electron chi connectivity index (χ3n) is 2.18. The van der Waals surface area contributed by atoms with Crippen LogP contribution in [0, 0.1) is 0 Å². The number of aromatic hydroxyl groups is 1. The summed E-state index contributed by atoms with van der Waals surface area (Å²) in [5.41, 5.74) is 0. The van der Waals surface area contributed by atoms with E-state index in [9.17, 15) is 4.79 Å². The van der Waals surface area contributed by atoms with Gasteiger partial charge in [0.15, 0.2) is 11.2 Å². The second kappa shape index (κ2) is 5.50. The Hall–Kier alpha value is -2.08. The van der Waals surface area contributed by atoms with Crippen LogP contribution in [-0.2, 0) is 4.79 Å². The number of aromatic nitrogens is 1. The molecule has 0 spiro atoms. The van der Waals surface area contributed by atoms with Crippen LogP contribution in [0.1, 0.15) is 6.92 Å². The number of phenols is 1. The molecule has 1 aromatic heterocycles. The molecule has 18 heavy (non-hydrogen) atoms. The normalized spacial score (nSPS) is 11.8. The highest BCUT2D eigenvalue weighted by molar-refractivity contribution is 7.13. The number of amides is 1. The number of anilines is 1. The fourth-order valence-corrected chi connectivity index (χ4v) is 1.81. The van der Waals surface area contributed by atoms with Gasteiger partial charge in [0.2, 0.25) is 0 Å². The number of nitrogens with zero attached hydrogens (tertiary/aromatic N) is 1. The summed E-state index contributed by atoms with van der Waals surface area (Å²) in [6, 6.07) is 6.20. The Morgan fingerprint density at radius 2 is 2.17 bits per heavy atom. The fourth-order valence-electron chi connectivity index (χ4n) is 1.27. The van der Waals surface area contributed by atoms with Crippen molar-refractivity contribution in [2.45, 2.75) is 13.0 Å². The molecule has 2 aromatic rings. The van der Waals surface area contributed by atoms with E-state index < -0.39 is 6.10 Å². The Bertz CT molecular complexity index is 511. The molecule has 1 atom stereocenters. The van der Waals surface area contributed by atoms with Crippen LogP contribution >= 0.6 is 11.3 Å². The molecular formula is C12H12N2O3S. The number of rotatable bonds is 4. The van der Waals surface area contributed by atoms with Gasteiger partial charge in [0.25, 0.3) is 5.91 Å². The number of hydrogen-bond donors (Lipinski definition) is 2. The van der Waals surface area contributed by atoms with Crippen LogP contribution in [0.5, 0.6) is 11.5 Å². The average Bonchev–Trinajstić information content (AvgIpc) is 2.85. The quantitative estimate of drug-likeness (QED) is 0.888. The van der Waals surface area contributed by atoms with E-state index >= 15 is 0 Å². The van der Waals surface area contributed by atoms with E-state index in [1.807, 2.05) is 0 Å². The summed E-state index contributed by atoms with van der Waals surface area (Å²) < 4.78 is 5.43. The SMILES string of the molecule is C[C@@H](Oc1ccc(O)cc1)C(=O)Nc1nccs1. The molecule has 0 saturated carbocycles. The maximum Gasteiger partial charge on any atom is 0.266 e. The van der Waals surface area contributed by atoms with Crippen LogP contribution in [0.3, 0.4) is 0 Å². The summed E-state index contributed by atoms with van der Waals surface area (Å²) in [5.74, 6) is 0.412. The monoisotopic (exact) mass is 264 g/mol. The number of benzene rings is 1. The van der Waals surface area contributed by atoms with Gasteiger partial charge in [0.05, 0.1) is 0 Å². The van der Waals surface area contributed by atoms with E-state index in [0.29, 0.717) is 10.9 Å². The van der Waals surface area contributed by atoms with Gasteiger partial charge in [0.1, 0.15) is 11.5 Å². The van der Waals surface area contributed by atoms with Crippen molar-refractivity contribution < 1.29 is 14.6 Å². The van der Waals surface area contributed by atoms with Gasteiger partial charge in [-0.25, -0.2) is 4.98 Å². The molecule has 0 radical (unpaired) electrons. The summed E-state index contributed by atoms with van der Waals surface area (Å²) in [5, 5.41) is 14.1. The molecule has 0 unspecified atom stereocenters. The number of ether oxygens (including phenoxy) is 1. The lowest BCUT2D eigenvalue weighted by Crippen LogP contribution is -2.30. The number of nitrogens with one attached hydrogen (secondary N) is 1. The van der Waals surface area contributed by atoms with E-state index in [1.54, 1.807) is 30.6 Å². The van der Waals surface area contributed by atoms with Crippen LogP contribution in [0.2, 0.25) is 0 Å². The summed E-state index contributed by atoms with van der Waals surface area (Å²) in [6.45, 7) is 1.65. The zero-order chi connectivity index (χ0) is 13.0. The zero-order valence-corrected chi connectivity index (χ0v) is 10.5. The number of carbonyl (C=O) groups is 1. The highest BCUT2D eigenvalue weighted by Gasteiger charge is 2.15. The molecule has 0 fully saturated rings. The molecule has 0 bridgehead atoms. The van der Waals surface area contributed by atoms with Crippen molar-refractivity contribution in [1.82, 2.24) is 4.98 Å². The van der Waals surface area contributed by atoms with Crippen molar-refractivity contribution >= 4 is 22.4 Å². The van der Waals surface area contributed by atoms with Gasteiger partial charge < -0.3 is 9.84 Å². The lowest BCUT2D eigenvalue weighted by molar-refractivity contribution is -0.122. The number of thiazole rings is 1. The Balaban J connectivity index is 1.93. The molecule has 2 N–H and O–H groups in total. The Morgan fingerprint density at radius 1 is 1.44 bits per heavy atom. The third-order valence-corrected chi connectivity index (χ3v) is 2.87. The van der Waals surface area contributed by atoms with Gasteiger partial charge in [-0.05, 0) is 31.2 Å². The largest absolute Gasteiger partial charge is 0.508 e. The first-order valence-electron chi connectivity index (χ1n) is 5.31. The molecule has 94 valence electrons. The molecule has 0 aliphatic heterocycles. The summed E-state index contributed by atoms with van der Waals surface area (Å²) in [4.78, 5) is 15.7. The molecular weight excluding hydrogens is 252 g/mol. The first kappa shape index (κ1) is 12.4. The van der Waals surface area contributed by atoms with Gasteiger partial charge in [-0.1, -0.05) is 0 Å². The molecule has 0 aliphatic carbocycles. The Morgan fingerprint density at radius 3 is 2.78 bits per heavy atom. The van der Waals surface area contributed by atoms with Crippen molar-refractivity contribution in [2.75, 3.05) is 5.32 Å². The van der Waals surface area contributed by atoms with Gasteiger partial charge in [-0.3, -0.25) is 10.1 Å². The molecule has 1 aromatic carbocycles. The van der Waals surface area contributed by atoms with Crippen LogP contribution < -0.4 is 10.1 Å². The molecule has 2 rings (SSSR count). The van der Waals surface area contributed by atoms with Gasteiger partial charge in [0, 0.05) is 11.6 Å². The minimum absolute atomic E-state index is 0.155. The second-order valence-corrected chi connectivity index (χ2v) is 4.48. The van der Waals surface area contributed by atoms with Crippen molar-refractivity contribution in [3.8, 4) is 11.5 Å². The summed E-state index contributed by atoms with van der Waals surface area (Å²) >= 11 is 1.35. The predicted molar refractivity (Wildman–Crippen MR) is 68.9 cm³/mol. The lowest BCUT2D eigenvalue weighted by Gasteiger charge is -2.13. The summed E-state index contributed by atoms with van der Waals surface area (Å²) in [7, 11) is 0. The number of phenolic OH excluding ortho intramolecular Hbond substituents is 1. The van der Waals surface area contributed by atoms with E-state index in [0.717, 1.165) is 0 Å². The molecule has 0 aliphatic rings.